The number of rotatable bonds is 5. The van der Waals surface area contributed by atoms with E-state index < -0.39 is 12.1 Å². The fraction of sp³-hybridized carbons (Fsp3) is 0.286. The number of hydrogen-bond acceptors (Lipinski definition) is 8. The summed E-state index contributed by atoms with van der Waals surface area (Å²) in [6, 6.07) is -1.46. The largest absolute Gasteiger partial charge is 0.350 e. The van der Waals surface area contributed by atoms with Gasteiger partial charge in [-0.25, -0.2) is 30.4 Å². The lowest BCUT2D eigenvalue weighted by molar-refractivity contribution is 0.248. The number of hydrazone groups is 2. The molecule has 2 aromatic rings. The van der Waals surface area contributed by atoms with Gasteiger partial charge in [-0.1, -0.05) is 0 Å². The summed E-state index contributed by atoms with van der Waals surface area (Å²) >= 11 is 2.82. The lowest BCUT2D eigenvalue weighted by atomic mass is 10.3. The Morgan fingerprint density at radius 3 is 1.50 bits per heavy atom. The van der Waals surface area contributed by atoms with Gasteiger partial charge in [-0.3, -0.25) is 0 Å². The minimum Gasteiger partial charge on any atom is -0.350 e. The number of nitrogens with two attached hydrogens (primary N) is 2. The van der Waals surface area contributed by atoms with Crippen LogP contribution in [0.25, 0.3) is 10.0 Å². The minimum atomic E-state index is -0.730. The lowest BCUT2D eigenvalue weighted by Crippen LogP contribution is -2.25. The molecule has 0 saturated heterocycles. The van der Waals surface area contributed by atoms with Crippen molar-refractivity contribution in [3.8, 4) is 10.0 Å². The third kappa shape index (κ3) is 4.61. The average molecular weight is 394 g/mol. The summed E-state index contributed by atoms with van der Waals surface area (Å²) in [7, 11) is 0. The van der Waals surface area contributed by atoms with Crippen LogP contribution in [0.5, 0.6) is 0 Å². The summed E-state index contributed by atoms with van der Waals surface area (Å²) in [6.45, 7) is 7.21. The number of urea groups is 2. The predicted molar refractivity (Wildman–Crippen MR) is 103 cm³/mol. The second kappa shape index (κ2) is 8.01. The Hall–Kier alpha value is -2.86. The van der Waals surface area contributed by atoms with Gasteiger partial charge >= 0.3 is 12.1 Å². The van der Waals surface area contributed by atoms with Crippen LogP contribution in [0.3, 0.4) is 0 Å². The number of amides is 4. The van der Waals surface area contributed by atoms with Gasteiger partial charge in [-0.2, -0.15) is 10.2 Å². The molecule has 4 amide bonds. The third-order valence-corrected chi connectivity index (χ3v) is 5.78. The summed E-state index contributed by atoms with van der Waals surface area (Å²) in [5, 5.41) is 9.30. The van der Waals surface area contributed by atoms with Gasteiger partial charge < -0.3 is 11.5 Å². The highest BCUT2D eigenvalue weighted by atomic mass is 32.1. The first-order valence-electron chi connectivity index (χ1n) is 7.34. The van der Waals surface area contributed by atoms with E-state index >= 15 is 0 Å². The first kappa shape index (κ1) is 19.5. The molecule has 0 aliphatic carbocycles. The van der Waals surface area contributed by atoms with Gasteiger partial charge in [0.25, 0.3) is 0 Å². The van der Waals surface area contributed by atoms with E-state index in [1.807, 2.05) is 13.8 Å². The topological polar surface area (TPSA) is 161 Å². The van der Waals surface area contributed by atoms with E-state index in [2.05, 4.69) is 31.0 Å². The molecule has 0 aliphatic heterocycles. The molecule has 0 saturated carbocycles. The van der Waals surface area contributed by atoms with Crippen molar-refractivity contribution < 1.29 is 9.59 Å². The molecule has 0 bridgehead atoms. The molecular weight excluding hydrogens is 376 g/mol. The number of aryl methyl sites for hydroxylation is 2. The molecule has 0 spiro atoms. The number of primary amides is 2. The van der Waals surface area contributed by atoms with Gasteiger partial charge in [-0.15, -0.1) is 22.7 Å². The van der Waals surface area contributed by atoms with Crippen LogP contribution in [-0.4, -0.2) is 33.5 Å². The molecule has 26 heavy (non-hydrogen) atoms. The first-order valence-corrected chi connectivity index (χ1v) is 8.97. The highest BCUT2D eigenvalue weighted by Crippen LogP contribution is 2.33. The van der Waals surface area contributed by atoms with Crippen molar-refractivity contribution in [2.75, 3.05) is 0 Å². The fourth-order valence-electron chi connectivity index (χ4n) is 2.03. The summed E-state index contributed by atoms with van der Waals surface area (Å²) in [5.74, 6) is 0. The first-order chi connectivity index (χ1) is 12.2. The second-order valence-corrected chi connectivity index (χ2v) is 7.21. The van der Waals surface area contributed by atoms with Crippen molar-refractivity contribution >= 4 is 46.2 Å². The second-order valence-electron chi connectivity index (χ2n) is 5.21. The summed E-state index contributed by atoms with van der Waals surface area (Å²) in [5.41, 5.74) is 17.2. The maximum atomic E-state index is 10.8. The molecule has 2 heterocycles. The molecule has 0 radical (unpaired) electrons. The Labute approximate surface area is 157 Å². The number of nitrogens with zero attached hydrogens (tertiary/aromatic N) is 4. The van der Waals surface area contributed by atoms with Gasteiger partial charge in [0.2, 0.25) is 0 Å². The number of thiazole rings is 2. The van der Waals surface area contributed by atoms with Crippen LogP contribution < -0.4 is 22.3 Å². The molecule has 0 aromatic carbocycles. The zero-order chi connectivity index (χ0) is 19.4. The van der Waals surface area contributed by atoms with Crippen LogP contribution in [-0.2, 0) is 0 Å². The molecule has 0 atom stereocenters. The highest BCUT2D eigenvalue weighted by Gasteiger charge is 2.18. The molecule has 138 valence electrons. The van der Waals surface area contributed by atoms with Crippen molar-refractivity contribution in [2.24, 2.45) is 21.7 Å². The zero-order valence-corrected chi connectivity index (χ0v) is 16.2. The van der Waals surface area contributed by atoms with Gasteiger partial charge in [0.15, 0.2) is 10.0 Å². The van der Waals surface area contributed by atoms with Crippen molar-refractivity contribution in [3.05, 3.63) is 21.1 Å². The van der Waals surface area contributed by atoms with E-state index in [4.69, 9.17) is 11.5 Å². The monoisotopic (exact) mass is 394 g/mol. The summed E-state index contributed by atoms with van der Waals surface area (Å²) < 4.78 is 0. The Kier molecular flexibility index (Phi) is 6.00. The lowest BCUT2D eigenvalue weighted by Gasteiger charge is -1.97. The molecular formula is C14H18N8O2S2. The molecule has 10 nitrogen and oxygen atoms in total. The van der Waals surface area contributed by atoms with E-state index in [0.717, 1.165) is 31.2 Å². The van der Waals surface area contributed by atoms with Crippen LogP contribution in [0.2, 0.25) is 0 Å². The number of carbonyl (C=O) groups is 2. The fourth-order valence-corrected chi connectivity index (χ4v) is 4.07. The van der Waals surface area contributed by atoms with Gasteiger partial charge in [0.05, 0.1) is 32.6 Å². The Morgan fingerprint density at radius 2 is 1.19 bits per heavy atom. The number of nitrogens with one attached hydrogen (secondary N) is 2. The average Bonchev–Trinajstić information content (AvgIpc) is 3.13. The van der Waals surface area contributed by atoms with Crippen molar-refractivity contribution in [2.45, 2.75) is 27.7 Å². The molecule has 12 heteroatoms. The molecule has 0 aliphatic rings. The number of aromatic nitrogens is 2. The molecule has 2 rings (SSSR count). The van der Waals surface area contributed by atoms with Crippen molar-refractivity contribution in [1.82, 2.24) is 20.8 Å². The van der Waals surface area contributed by atoms with Gasteiger partial charge in [-0.05, 0) is 27.7 Å². The summed E-state index contributed by atoms with van der Waals surface area (Å²) in [4.78, 5) is 32.3. The van der Waals surface area contributed by atoms with Crippen LogP contribution in [0.1, 0.15) is 35.0 Å². The molecule has 6 N–H and O–H groups in total. The predicted octanol–water partition coefficient (Wildman–Crippen LogP) is 1.67. The van der Waals surface area contributed by atoms with Crippen LogP contribution in [0.4, 0.5) is 9.59 Å². The number of hydrogen-bond donors (Lipinski definition) is 4. The van der Waals surface area contributed by atoms with E-state index in [1.54, 1.807) is 13.8 Å². The smallest absolute Gasteiger partial charge is 0.332 e. The standard InChI is InChI=1S/C14H18N8O2S2/c1-5-9(7(3)19-21-13(15)23)25-11(17-5)12-18-6(2)10(26-12)8(4)20-22-14(16)24/h1-4H3,(H3,15,21,23)(H3,16,22,24)/b19-7-,20-8-. The van der Waals surface area contributed by atoms with Crippen LogP contribution in [0.15, 0.2) is 10.2 Å². The van der Waals surface area contributed by atoms with Crippen molar-refractivity contribution in [3.63, 3.8) is 0 Å². The minimum absolute atomic E-state index is 0.599. The van der Waals surface area contributed by atoms with Gasteiger partial charge in [0.1, 0.15) is 0 Å². The quantitative estimate of drug-likeness (QED) is 0.448. The Bertz CT molecular complexity index is 838. The number of carbonyl (C=O) groups excluding carboxylic acids is 2. The highest BCUT2D eigenvalue weighted by molar-refractivity contribution is 7.23. The normalized spacial score (nSPS) is 12.2. The maximum absolute atomic E-state index is 10.8. The Balaban J connectivity index is 2.33. The van der Waals surface area contributed by atoms with Crippen LogP contribution in [0, 0.1) is 13.8 Å². The molecule has 2 aromatic heterocycles. The van der Waals surface area contributed by atoms with E-state index in [-0.39, 0.29) is 0 Å². The molecule has 0 fully saturated rings. The van der Waals surface area contributed by atoms with Gasteiger partial charge in [0, 0.05) is 0 Å². The van der Waals surface area contributed by atoms with E-state index in [1.165, 1.54) is 22.7 Å². The van der Waals surface area contributed by atoms with Crippen LogP contribution >= 0.6 is 22.7 Å². The Morgan fingerprint density at radius 1 is 0.846 bits per heavy atom. The van der Waals surface area contributed by atoms with Crippen molar-refractivity contribution in [1.29, 1.82) is 0 Å². The SMILES string of the molecule is C/C(=N/NC(N)=O)c1sc(-c2nc(C)c(/C(C)=N\NC(N)=O)s2)nc1C. The molecule has 0 unspecified atom stereocenters. The third-order valence-electron chi connectivity index (χ3n) is 3.10. The summed E-state index contributed by atoms with van der Waals surface area (Å²) in [6.07, 6.45) is 0. The zero-order valence-electron chi connectivity index (χ0n) is 14.6. The van der Waals surface area contributed by atoms with E-state index in [9.17, 15) is 9.59 Å². The maximum Gasteiger partial charge on any atom is 0.332 e. The van der Waals surface area contributed by atoms with E-state index in [0.29, 0.717) is 11.4 Å².